The molecule has 2 amide bonds. The number of nitrogens with one attached hydrogen (secondary N) is 1. The quantitative estimate of drug-likeness (QED) is 0.889. The van der Waals surface area contributed by atoms with Crippen molar-refractivity contribution in [3.63, 3.8) is 0 Å². The van der Waals surface area contributed by atoms with E-state index in [4.69, 9.17) is 0 Å². The summed E-state index contributed by atoms with van der Waals surface area (Å²) in [6.45, 7) is 1.21. The first-order chi connectivity index (χ1) is 11.2. The Morgan fingerprint density at radius 1 is 1.30 bits per heavy atom. The third kappa shape index (κ3) is 3.94. The van der Waals surface area contributed by atoms with Crippen molar-refractivity contribution in [1.82, 2.24) is 24.8 Å². The Balaban J connectivity index is 1.50. The molecule has 3 rings (SSSR count). The molecule has 1 fully saturated rings. The number of carbonyl (C=O) groups is 2. The molecule has 1 N–H and O–H groups in total. The standard InChI is InChI=1S/C16H19N5O2/c22-15(11-20-7-2-1-3-16(20)23)19-10-13-4-5-14(18-9-13)21-8-6-17-12-21/h4-6,8-9,12H,1-3,7,10-11H2,(H,19,22). The maximum atomic E-state index is 11.9. The highest BCUT2D eigenvalue weighted by atomic mass is 16.2. The van der Waals surface area contributed by atoms with Crippen molar-refractivity contribution in [3.05, 3.63) is 42.6 Å². The van der Waals surface area contributed by atoms with Crippen LogP contribution < -0.4 is 5.32 Å². The fourth-order valence-electron chi connectivity index (χ4n) is 2.53. The first-order valence-corrected chi connectivity index (χ1v) is 7.70. The fraction of sp³-hybridized carbons (Fsp3) is 0.375. The number of piperidine rings is 1. The summed E-state index contributed by atoms with van der Waals surface area (Å²) in [4.78, 5) is 33.6. The first kappa shape index (κ1) is 15.2. The molecule has 0 saturated carbocycles. The molecule has 1 aliphatic heterocycles. The molecule has 3 heterocycles. The van der Waals surface area contributed by atoms with Gasteiger partial charge in [0.15, 0.2) is 0 Å². The molecule has 0 spiro atoms. The molecule has 0 bridgehead atoms. The maximum absolute atomic E-state index is 11.9. The molecule has 0 aromatic carbocycles. The van der Waals surface area contributed by atoms with E-state index in [2.05, 4.69) is 15.3 Å². The van der Waals surface area contributed by atoms with E-state index in [-0.39, 0.29) is 18.4 Å². The number of rotatable bonds is 5. The predicted octanol–water partition coefficient (Wildman–Crippen LogP) is 0.896. The van der Waals surface area contributed by atoms with Crippen LogP contribution in [0, 0.1) is 0 Å². The molecule has 23 heavy (non-hydrogen) atoms. The molecule has 2 aromatic heterocycles. The van der Waals surface area contributed by atoms with E-state index in [0.717, 1.165) is 24.2 Å². The zero-order valence-corrected chi connectivity index (χ0v) is 12.8. The third-order valence-corrected chi connectivity index (χ3v) is 3.82. The zero-order valence-electron chi connectivity index (χ0n) is 12.8. The van der Waals surface area contributed by atoms with Crippen LogP contribution in [0.2, 0.25) is 0 Å². The highest BCUT2D eigenvalue weighted by Crippen LogP contribution is 2.10. The van der Waals surface area contributed by atoms with Crippen molar-refractivity contribution in [1.29, 1.82) is 0 Å². The summed E-state index contributed by atoms with van der Waals surface area (Å²) in [5.41, 5.74) is 0.909. The molecule has 2 aromatic rings. The van der Waals surface area contributed by atoms with Crippen molar-refractivity contribution in [3.8, 4) is 5.82 Å². The number of imidazole rings is 1. The normalized spacial score (nSPS) is 14.8. The van der Waals surface area contributed by atoms with E-state index in [9.17, 15) is 9.59 Å². The lowest BCUT2D eigenvalue weighted by molar-refractivity contribution is -0.137. The predicted molar refractivity (Wildman–Crippen MR) is 83.6 cm³/mol. The molecular formula is C16H19N5O2. The lowest BCUT2D eigenvalue weighted by Gasteiger charge is -2.25. The molecule has 7 heteroatoms. The molecule has 120 valence electrons. The van der Waals surface area contributed by atoms with Gasteiger partial charge in [-0.2, -0.15) is 0 Å². The second kappa shape index (κ2) is 7.04. The van der Waals surface area contributed by atoms with Crippen LogP contribution in [0.1, 0.15) is 24.8 Å². The van der Waals surface area contributed by atoms with Gasteiger partial charge in [-0.25, -0.2) is 9.97 Å². The molecule has 0 radical (unpaired) electrons. The second-order valence-electron chi connectivity index (χ2n) is 5.54. The number of pyridine rings is 1. The van der Waals surface area contributed by atoms with Crippen molar-refractivity contribution in [2.45, 2.75) is 25.8 Å². The van der Waals surface area contributed by atoms with Gasteiger partial charge in [-0.15, -0.1) is 0 Å². The van der Waals surface area contributed by atoms with Gasteiger partial charge in [0, 0.05) is 38.1 Å². The molecule has 0 unspecified atom stereocenters. The van der Waals surface area contributed by atoms with Gasteiger partial charge in [-0.3, -0.25) is 14.2 Å². The Morgan fingerprint density at radius 3 is 2.91 bits per heavy atom. The van der Waals surface area contributed by atoms with E-state index in [1.54, 1.807) is 23.6 Å². The average molecular weight is 313 g/mol. The van der Waals surface area contributed by atoms with Gasteiger partial charge < -0.3 is 10.2 Å². The highest BCUT2D eigenvalue weighted by Gasteiger charge is 2.20. The van der Waals surface area contributed by atoms with E-state index < -0.39 is 0 Å². The highest BCUT2D eigenvalue weighted by molar-refractivity contribution is 5.85. The zero-order chi connectivity index (χ0) is 16.1. The van der Waals surface area contributed by atoms with Crippen LogP contribution >= 0.6 is 0 Å². The summed E-state index contributed by atoms with van der Waals surface area (Å²) in [5.74, 6) is 0.702. The van der Waals surface area contributed by atoms with E-state index >= 15 is 0 Å². The van der Waals surface area contributed by atoms with Crippen molar-refractivity contribution in [2.75, 3.05) is 13.1 Å². The summed E-state index contributed by atoms with van der Waals surface area (Å²) in [5, 5.41) is 2.83. The van der Waals surface area contributed by atoms with E-state index in [0.29, 0.717) is 19.5 Å². The summed E-state index contributed by atoms with van der Waals surface area (Å²) < 4.78 is 1.81. The number of hydrogen-bond donors (Lipinski definition) is 1. The van der Waals surface area contributed by atoms with Crippen LogP contribution in [-0.4, -0.2) is 44.3 Å². The second-order valence-corrected chi connectivity index (χ2v) is 5.54. The molecule has 1 aliphatic rings. The van der Waals surface area contributed by atoms with Crippen LogP contribution in [0.3, 0.4) is 0 Å². The number of nitrogens with zero attached hydrogens (tertiary/aromatic N) is 4. The molecule has 1 saturated heterocycles. The smallest absolute Gasteiger partial charge is 0.239 e. The molecule has 0 atom stereocenters. The lowest BCUT2D eigenvalue weighted by Crippen LogP contribution is -2.42. The summed E-state index contributed by atoms with van der Waals surface area (Å²) in [6, 6.07) is 3.78. The van der Waals surface area contributed by atoms with Gasteiger partial charge >= 0.3 is 0 Å². The lowest BCUT2D eigenvalue weighted by atomic mass is 10.1. The Hall–Kier alpha value is -2.70. The minimum Gasteiger partial charge on any atom is -0.350 e. The van der Waals surface area contributed by atoms with Gasteiger partial charge in [-0.05, 0) is 24.5 Å². The van der Waals surface area contributed by atoms with Gasteiger partial charge in [0.2, 0.25) is 11.8 Å². The Bertz CT molecular complexity index is 666. The van der Waals surface area contributed by atoms with Gasteiger partial charge in [0.25, 0.3) is 0 Å². The third-order valence-electron chi connectivity index (χ3n) is 3.82. The number of carbonyl (C=O) groups excluding carboxylic acids is 2. The van der Waals surface area contributed by atoms with Crippen LogP contribution in [0.5, 0.6) is 0 Å². The summed E-state index contributed by atoms with van der Waals surface area (Å²) in [7, 11) is 0. The van der Waals surface area contributed by atoms with E-state index in [1.165, 1.54) is 0 Å². The SMILES string of the molecule is O=C(CN1CCCCC1=O)NCc1ccc(-n2ccnc2)nc1. The van der Waals surface area contributed by atoms with Gasteiger partial charge in [-0.1, -0.05) is 6.07 Å². The number of aromatic nitrogens is 3. The number of amides is 2. The van der Waals surface area contributed by atoms with Crippen molar-refractivity contribution in [2.24, 2.45) is 0 Å². The van der Waals surface area contributed by atoms with Gasteiger partial charge in [0.1, 0.15) is 12.1 Å². The van der Waals surface area contributed by atoms with Crippen LogP contribution in [0.4, 0.5) is 0 Å². The van der Waals surface area contributed by atoms with Gasteiger partial charge in [0.05, 0.1) is 6.54 Å². The summed E-state index contributed by atoms with van der Waals surface area (Å²) in [6.07, 6.45) is 9.36. The number of likely N-dealkylation sites (tertiary alicyclic amines) is 1. The van der Waals surface area contributed by atoms with E-state index in [1.807, 2.05) is 22.9 Å². The largest absolute Gasteiger partial charge is 0.350 e. The van der Waals surface area contributed by atoms with Crippen LogP contribution in [0.15, 0.2) is 37.1 Å². The topological polar surface area (TPSA) is 80.1 Å². The average Bonchev–Trinajstić information content (AvgIpc) is 3.10. The van der Waals surface area contributed by atoms with Crippen molar-refractivity contribution < 1.29 is 9.59 Å². The minimum absolute atomic E-state index is 0.0674. The first-order valence-electron chi connectivity index (χ1n) is 7.70. The molecule has 0 aliphatic carbocycles. The maximum Gasteiger partial charge on any atom is 0.239 e. The Labute approximate surface area is 134 Å². The van der Waals surface area contributed by atoms with Crippen LogP contribution in [-0.2, 0) is 16.1 Å². The molecular weight excluding hydrogens is 294 g/mol. The summed E-state index contributed by atoms with van der Waals surface area (Å²) >= 11 is 0. The number of hydrogen-bond acceptors (Lipinski definition) is 4. The Morgan fingerprint density at radius 2 is 2.22 bits per heavy atom. The monoisotopic (exact) mass is 313 g/mol. The molecule has 7 nitrogen and oxygen atoms in total. The Kier molecular flexibility index (Phi) is 4.65. The van der Waals surface area contributed by atoms with Crippen LogP contribution in [0.25, 0.3) is 5.82 Å². The van der Waals surface area contributed by atoms with Crippen molar-refractivity contribution >= 4 is 11.8 Å². The fourth-order valence-corrected chi connectivity index (χ4v) is 2.53. The minimum atomic E-state index is -0.140.